The maximum absolute atomic E-state index is 13.9. The molecule has 0 aromatic rings. The smallest absolute Gasteiger partial charge is 0.103 e. The van der Waals surface area contributed by atoms with Gasteiger partial charge in [0.2, 0.25) is 0 Å². The molecule has 0 bridgehead atoms. The number of nitrogens with zero attached hydrogens (tertiary/aromatic N) is 1. The first-order valence-corrected chi connectivity index (χ1v) is 6.30. The first-order chi connectivity index (χ1) is 7.13. The van der Waals surface area contributed by atoms with Crippen molar-refractivity contribution in [2.45, 2.75) is 71.5 Å². The van der Waals surface area contributed by atoms with Gasteiger partial charge in [0.25, 0.3) is 0 Å². The summed E-state index contributed by atoms with van der Waals surface area (Å²) < 4.78 is 13.9. The van der Waals surface area contributed by atoms with Gasteiger partial charge in [-0.15, -0.1) is 0 Å². The van der Waals surface area contributed by atoms with Gasteiger partial charge in [-0.2, -0.15) is 0 Å². The van der Waals surface area contributed by atoms with Crippen LogP contribution in [0.5, 0.6) is 0 Å². The van der Waals surface area contributed by atoms with Gasteiger partial charge in [-0.3, -0.25) is 4.99 Å². The highest BCUT2D eigenvalue weighted by atomic mass is 19.1. The van der Waals surface area contributed by atoms with Crippen molar-refractivity contribution in [2.75, 3.05) is 0 Å². The zero-order valence-corrected chi connectivity index (χ0v) is 10.3. The third-order valence-corrected chi connectivity index (χ3v) is 3.27. The number of halogens is 1. The average Bonchev–Trinajstić information content (AvgIpc) is 2.20. The second-order valence-corrected chi connectivity index (χ2v) is 4.91. The molecule has 1 rings (SSSR count). The van der Waals surface area contributed by atoms with E-state index in [1.54, 1.807) is 0 Å². The Kier molecular flexibility index (Phi) is 5.27. The van der Waals surface area contributed by atoms with Crippen LogP contribution >= 0.6 is 0 Å². The fourth-order valence-electron chi connectivity index (χ4n) is 2.54. The minimum absolute atomic E-state index is 0.236. The molecule has 0 aromatic heterocycles. The zero-order chi connectivity index (χ0) is 11.3. The van der Waals surface area contributed by atoms with Gasteiger partial charge >= 0.3 is 0 Å². The number of alkyl halides is 1. The van der Waals surface area contributed by atoms with E-state index >= 15 is 0 Å². The van der Waals surface area contributed by atoms with E-state index in [1.807, 2.05) is 0 Å². The Morgan fingerprint density at radius 1 is 1.47 bits per heavy atom. The molecule has 1 nitrogen and oxygen atoms in total. The summed E-state index contributed by atoms with van der Waals surface area (Å²) in [6.07, 6.45) is 5.08. The van der Waals surface area contributed by atoms with E-state index < -0.39 is 6.17 Å². The van der Waals surface area contributed by atoms with Crippen molar-refractivity contribution in [3.05, 3.63) is 0 Å². The molecule has 1 aliphatic rings. The first kappa shape index (κ1) is 12.7. The van der Waals surface area contributed by atoms with Crippen LogP contribution in [0, 0.1) is 5.92 Å². The molecule has 0 radical (unpaired) electrons. The molecule has 88 valence electrons. The summed E-state index contributed by atoms with van der Waals surface area (Å²) in [5, 5.41) is 0. The molecule has 0 N–H and O–H groups in total. The summed E-state index contributed by atoms with van der Waals surface area (Å²) in [6.45, 7) is 6.33. The summed E-state index contributed by atoms with van der Waals surface area (Å²) in [4.78, 5) is 4.61. The van der Waals surface area contributed by atoms with Crippen molar-refractivity contribution in [3.63, 3.8) is 0 Å². The van der Waals surface area contributed by atoms with Crippen LogP contribution in [0.4, 0.5) is 4.39 Å². The third kappa shape index (κ3) is 4.31. The maximum atomic E-state index is 13.9. The normalized spacial score (nSPS) is 33.9. The number of aliphatic imine (C=N–C) groups is 1. The molecule has 0 spiro atoms. The predicted octanol–water partition coefficient (Wildman–Crippen LogP) is 4.16. The lowest BCUT2D eigenvalue weighted by Crippen LogP contribution is -2.19. The van der Waals surface area contributed by atoms with Crippen molar-refractivity contribution in [1.29, 1.82) is 0 Å². The number of hydrogen-bond acceptors (Lipinski definition) is 1. The first-order valence-electron chi connectivity index (χ1n) is 6.30. The lowest BCUT2D eigenvalue weighted by atomic mass is 9.89. The van der Waals surface area contributed by atoms with Gasteiger partial charge in [0, 0.05) is 11.8 Å². The molecule has 0 saturated carbocycles. The minimum atomic E-state index is -0.603. The second-order valence-electron chi connectivity index (χ2n) is 4.91. The van der Waals surface area contributed by atoms with Crippen LogP contribution in [-0.4, -0.2) is 17.9 Å². The summed E-state index contributed by atoms with van der Waals surface area (Å²) in [7, 11) is 0. The van der Waals surface area contributed by atoms with E-state index in [4.69, 9.17) is 0 Å². The van der Waals surface area contributed by atoms with Gasteiger partial charge < -0.3 is 0 Å². The molecule has 1 aliphatic heterocycles. The van der Waals surface area contributed by atoms with E-state index in [0.29, 0.717) is 6.04 Å². The topological polar surface area (TPSA) is 12.4 Å². The van der Waals surface area contributed by atoms with Crippen LogP contribution in [0.3, 0.4) is 0 Å². The molecule has 3 atom stereocenters. The van der Waals surface area contributed by atoms with Crippen LogP contribution in [0.15, 0.2) is 4.99 Å². The maximum Gasteiger partial charge on any atom is 0.103 e. The zero-order valence-electron chi connectivity index (χ0n) is 10.3. The van der Waals surface area contributed by atoms with E-state index in [-0.39, 0.29) is 5.92 Å². The summed E-state index contributed by atoms with van der Waals surface area (Å²) in [5.41, 5.74) is 1.20. The SMILES string of the molecule is CCCC1C[C@H](C)N=C(C)CCCC1F. The van der Waals surface area contributed by atoms with Crippen LogP contribution in [0.25, 0.3) is 0 Å². The molecule has 0 saturated heterocycles. The molecule has 0 aliphatic carbocycles. The Balaban J connectivity index is 2.63. The third-order valence-electron chi connectivity index (χ3n) is 3.27. The number of hydrogen-bond donors (Lipinski definition) is 0. The standard InChI is InChI=1S/C13H24FN/c1-4-6-12-9-11(3)15-10(2)7-5-8-13(12)14/h11-13H,4-9H2,1-3H3/t11-,12?,13?/m0/s1. The lowest BCUT2D eigenvalue weighted by molar-refractivity contribution is 0.186. The monoisotopic (exact) mass is 213 g/mol. The van der Waals surface area contributed by atoms with Crippen molar-refractivity contribution in [2.24, 2.45) is 10.9 Å². The highest BCUT2D eigenvalue weighted by Gasteiger charge is 2.23. The van der Waals surface area contributed by atoms with Crippen LogP contribution < -0.4 is 0 Å². The van der Waals surface area contributed by atoms with E-state index in [9.17, 15) is 4.39 Å². The Morgan fingerprint density at radius 2 is 2.20 bits per heavy atom. The fraction of sp³-hybridized carbons (Fsp3) is 0.923. The van der Waals surface area contributed by atoms with Gasteiger partial charge in [0.05, 0.1) is 0 Å². The summed E-state index contributed by atoms with van der Waals surface area (Å²) in [5.74, 6) is 0.236. The Hall–Kier alpha value is -0.400. The molecule has 0 fully saturated rings. The van der Waals surface area contributed by atoms with Gasteiger partial charge in [-0.05, 0) is 51.9 Å². The highest BCUT2D eigenvalue weighted by Crippen LogP contribution is 2.26. The van der Waals surface area contributed by atoms with E-state index in [2.05, 4.69) is 25.8 Å². The largest absolute Gasteiger partial charge is 0.291 e. The fourth-order valence-corrected chi connectivity index (χ4v) is 2.54. The van der Waals surface area contributed by atoms with E-state index in [1.165, 1.54) is 5.71 Å². The van der Waals surface area contributed by atoms with Crippen molar-refractivity contribution < 1.29 is 4.39 Å². The van der Waals surface area contributed by atoms with Crippen LogP contribution in [-0.2, 0) is 0 Å². The van der Waals surface area contributed by atoms with Crippen molar-refractivity contribution in [1.82, 2.24) is 0 Å². The molecular formula is C13H24FN. The quantitative estimate of drug-likeness (QED) is 0.653. The van der Waals surface area contributed by atoms with Gasteiger partial charge in [-0.1, -0.05) is 13.3 Å². The van der Waals surface area contributed by atoms with Crippen molar-refractivity contribution in [3.8, 4) is 0 Å². The Bertz CT molecular complexity index is 213. The molecule has 0 aromatic carbocycles. The lowest BCUT2D eigenvalue weighted by Gasteiger charge is -2.21. The Morgan fingerprint density at radius 3 is 2.87 bits per heavy atom. The van der Waals surface area contributed by atoms with Gasteiger partial charge in [-0.25, -0.2) is 4.39 Å². The summed E-state index contributed by atoms with van der Waals surface area (Å²) >= 11 is 0. The van der Waals surface area contributed by atoms with Gasteiger partial charge in [0.1, 0.15) is 6.17 Å². The second kappa shape index (κ2) is 6.24. The van der Waals surface area contributed by atoms with Crippen molar-refractivity contribution >= 4 is 5.71 Å². The molecule has 2 heteroatoms. The van der Waals surface area contributed by atoms with Crippen LogP contribution in [0.2, 0.25) is 0 Å². The van der Waals surface area contributed by atoms with Gasteiger partial charge in [0.15, 0.2) is 0 Å². The average molecular weight is 213 g/mol. The molecule has 1 heterocycles. The summed E-state index contributed by atoms with van der Waals surface area (Å²) in [6, 6.07) is 0.304. The molecule has 0 amide bonds. The highest BCUT2D eigenvalue weighted by molar-refractivity contribution is 5.82. The molecule has 2 unspecified atom stereocenters. The predicted molar refractivity (Wildman–Crippen MR) is 64.3 cm³/mol. The molecular weight excluding hydrogens is 189 g/mol. The number of rotatable bonds is 2. The Labute approximate surface area is 93.2 Å². The minimum Gasteiger partial charge on any atom is -0.291 e. The van der Waals surface area contributed by atoms with E-state index in [0.717, 1.165) is 38.5 Å². The molecule has 15 heavy (non-hydrogen) atoms. The van der Waals surface area contributed by atoms with Crippen LogP contribution in [0.1, 0.15) is 59.3 Å².